The van der Waals surface area contributed by atoms with Gasteiger partial charge in [0, 0.05) is 0 Å². The molecule has 3 saturated carbocycles. The first-order valence-corrected chi connectivity index (χ1v) is 5.88. The molecule has 0 aromatic carbocycles. The van der Waals surface area contributed by atoms with E-state index in [0.717, 1.165) is 5.41 Å². The Morgan fingerprint density at radius 1 is 0.917 bits per heavy atom. The molecule has 0 heteroatoms. The van der Waals surface area contributed by atoms with Crippen molar-refractivity contribution in [1.29, 1.82) is 0 Å². The highest BCUT2D eigenvalue weighted by Gasteiger charge is 2.53. The van der Waals surface area contributed by atoms with E-state index < -0.39 is 0 Å². The van der Waals surface area contributed by atoms with Gasteiger partial charge < -0.3 is 0 Å². The molecule has 0 aromatic heterocycles. The number of fused-ring (bicyclic) bond motifs is 1. The summed E-state index contributed by atoms with van der Waals surface area (Å²) in [6.45, 7) is 4.00. The normalized spacial score (nSPS) is 40.5. The van der Waals surface area contributed by atoms with E-state index in [1.54, 1.807) is 44.9 Å². The van der Waals surface area contributed by atoms with Crippen LogP contribution in [-0.2, 0) is 0 Å². The molecule has 0 radical (unpaired) electrons. The van der Waals surface area contributed by atoms with Crippen LogP contribution in [0, 0.1) is 17.3 Å². The third-order valence-corrected chi connectivity index (χ3v) is 4.16. The minimum atomic E-state index is 0.940. The highest BCUT2D eigenvalue weighted by molar-refractivity contribution is 5.04. The lowest BCUT2D eigenvalue weighted by Crippen LogP contribution is -1.95. The van der Waals surface area contributed by atoms with Crippen molar-refractivity contribution in [2.45, 2.75) is 58.8 Å². The lowest BCUT2D eigenvalue weighted by molar-refractivity contribution is 0.457. The van der Waals surface area contributed by atoms with Gasteiger partial charge in [0.05, 0.1) is 0 Å². The van der Waals surface area contributed by atoms with Crippen LogP contribution in [0.15, 0.2) is 0 Å². The Morgan fingerprint density at radius 3 is 1.83 bits per heavy atom. The third-order valence-electron chi connectivity index (χ3n) is 4.16. The van der Waals surface area contributed by atoms with Gasteiger partial charge in [0.15, 0.2) is 0 Å². The lowest BCUT2D eigenvalue weighted by Gasteiger charge is -2.04. The van der Waals surface area contributed by atoms with Crippen LogP contribution in [0.4, 0.5) is 0 Å². The number of hydrogen-bond acceptors (Lipinski definition) is 0. The summed E-state index contributed by atoms with van der Waals surface area (Å²) >= 11 is 0. The third kappa shape index (κ3) is 1.30. The average Bonchev–Trinajstić information content (AvgIpc) is 2.52. The van der Waals surface area contributed by atoms with Gasteiger partial charge in [-0.25, -0.2) is 0 Å². The molecule has 3 aliphatic rings. The van der Waals surface area contributed by atoms with E-state index in [-0.39, 0.29) is 0 Å². The first-order chi connectivity index (χ1) is 5.88. The summed E-state index contributed by atoms with van der Waals surface area (Å²) in [4.78, 5) is 0. The molecular formula is C12H22. The van der Waals surface area contributed by atoms with Crippen LogP contribution in [0.25, 0.3) is 0 Å². The van der Waals surface area contributed by atoms with Crippen LogP contribution < -0.4 is 0 Å². The first-order valence-electron chi connectivity index (χ1n) is 5.88. The molecule has 2 atom stereocenters. The van der Waals surface area contributed by atoms with Crippen molar-refractivity contribution in [3.05, 3.63) is 0 Å². The Morgan fingerprint density at radius 2 is 1.42 bits per heavy atom. The van der Waals surface area contributed by atoms with E-state index in [4.69, 9.17) is 0 Å². The van der Waals surface area contributed by atoms with Crippen molar-refractivity contribution >= 4 is 0 Å². The zero-order valence-electron chi connectivity index (χ0n) is 8.60. The second kappa shape index (κ2) is 3.05. The van der Waals surface area contributed by atoms with E-state index in [1.807, 2.05) is 13.8 Å². The fourth-order valence-electron chi connectivity index (χ4n) is 3.43. The van der Waals surface area contributed by atoms with Gasteiger partial charge in [-0.05, 0) is 42.9 Å². The molecule has 12 heavy (non-hydrogen) atoms. The molecule has 0 amide bonds. The van der Waals surface area contributed by atoms with Gasteiger partial charge in [-0.3, -0.25) is 0 Å². The van der Waals surface area contributed by atoms with Crippen molar-refractivity contribution < 1.29 is 0 Å². The molecule has 3 fully saturated rings. The maximum absolute atomic E-state index is 2.00. The summed E-state index contributed by atoms with van der Waals surface area (Å²) in [5.41, 5.74) is 0.940. The molecule has 3 aliphatic carbocycles. The zero-order valence-corrected chi connectivity index (χ0v) is 8.60. The second-order valence-electron chi connectivity index (χ2n) is 4.86. The van der Waals surface area contributed by atoms with Crippen molar-refractivity contribution in [1.82, 2.24) is 0 Å². The maximum Gasteiger partial charge on any atom is -0.0292 e. The summed E-state index contributed by atoms with van der Waals surface area (Å²) in [7, 11) is 0. The number of rotatable bonds is 0. The second-order valence-corrected chi connectivity index (χ2v) is 4.86. The lowest BCUT2D eigenvalue weighted by atomic mass is 10.0. The van der Waals surface area contributed by atoms with Gasteiger partial charge >= 0.3 is 0 Å². The Bertz CT molecular complexity index is 141. The number of hydrogen-bond donors (Lipinski definition) is 0. The molecule has 0 N–H and O–H groups in total. The van der Waals surface area contributed by atoms with Gasteiger partial charge in [-0.2, -0.15) is 0 Å². The van der Waals surface area contributed by atoms with Gasteiger partial charge in [0.2, 0.25) is 0 Å². The van der Waals surface area contributed by atoms with Gasteiger partial charge in [0.1, 0.15) is 0 Å². The minimum Gasteiger partial charge on any atom is -0.0683 e. The fraction of sp³-hybridized carbons (Fsp3) is 1.00. The van der Waals surface area contributed by atoms with Crippen LogP contribution in [0.2, 0.25) is 0 Å². The monoisotopic (exact) mass is 166 g/mol. The molecular weight excluding hydrogens is 144 g/mol. The summed E-state index contributed by atoms with van der Waals surface area (Å²) in [6, 6.07) is 0. The van der Waals surface area contributed by atoms with Crippen LogP contribution in [0.1, 0.15) is 58.8 Å². The van der Waals surface area contributed by atoms with Gasteiger partial charge in [-0.1, -0.05) is 33.1 Å². The molecule has 1 spiro atoms. The topological polar surface area (TPSA) is 0 Å². The molecule has 0 aliphatic heterocycles. The largest absolute Gasteiger partial charge is 0.0683 e. The fourth-order valence-corrected chi connectivity index (χ4v) is 3.43. The average molecular weight is 166 g/mol. The predicted octanol–water partition coefficient (Wildman–Crippen LogP) is 4.00. The highest BCUT2D eigenvalue weighted by atomic mass is 14.6. The van der Waals surface area contributed by atoms with Crippen molar-refractivity contribution in [3.8, 4) is 0 Å². The summed E-state index contributed by atoms with van der Waals surface area (Å²) < 4.78 is 0. The molecule has 70 valence electrons. The van der Waals surface area contributed by atoms with Crippen LogP contribution >= 0.6 is 0 Å². The van der Waals surface area contributed by atoms with Gasteiger partial charge in [-0.15, -0.1) is 0 Å². The van der Waals surface area contributed by atoms with Crippen molar-refractivity contribution in [2.75, 3.05) is 0 Å². The Balaban J connectivity index is 0.000000264. The molecule has 0 aromatic rings. The molecule has 0 heterocycles. The Kier molecular flexibility index (Phi) is 2.18. The maximum atomic E-state index is 2.00. The SMILES string of the molecule is C1C[C@@H]2CC3(CC3)C[C@@H]2C1.CC. The van der Waals surface area contributed by atoms with E-state index >= 15 is 0 Å². The van der Waals surface area contributed by atoms with Gasteiger partial charge in [0.25, 0.3) is 0 Å². The van der Waals surface area contributed by atoms with E-state index in [1.165, 1.54) is 11.8 Å². The van der Waals surface area contributed by atoms with Crippen LogP contribution in [0.5, 0.6) is 0 Å². The quantitative estimate of drug-likeness (QED) is 0.510. The highest BCUT2D eigenvalue weighted by Crippen LogP contribution is 2.64. The Hall–Kier alpha value is 0. The Labute approximate surface area is 76.7 Å². The summed E-state index contributed by atoms with van der Waals surface area (Å²) in [5.74, 6) is 2.37. The van der Waals surface area contributed by atoms with Crippen molar-refractivity contribution in [3.63, 3.8) is 0 Å². The summed E-state index contributed by atoms with van der Waals surface area (Å²) in [5, 5.41) is 0. The molecule has 3 rings (SSSR count). The first kappa shape index (κ1) is 8.59. The van der Waals surface area contributed by atoms with Crippen molar-refractivity contribution in [2.24, 2.45) is 17.3 Å². The van der Waals surface area contributed by atoms with E-state index in [9.17, 15) is 0 Å². The standard InChI is InChI=1S/C10H16.C2H6/c1-2-8-6-10(4-5-10)7-9(8)3-1;1-2/h8-9H,1-7H2;1-2H3/t8-,9+;. The molecule has 0 unspecified atom stereocenters. The smallest absolute Gasteiger partial charge is 0.0292 e. The van der Waals surface area contributed by atoms with Crippen LogP contribution in [0.3, 0.4) is 0 Å². The molecule has 0 saturated heterocycles. The minimum absolute atomic E-state index is 0.940. The molecule has 0 bridgehead atoms. The van der Waals surface area contributed by atoms with Crippen LogP contribution in [-0.4, -0.2) is 0 Å². The predicted molar refractivity (Wildman–Crippen MR) is 53.1 cm³/mol. The van der Waals surface area contributed by atoms with E-state index in [2.05, 4.69) is 0 Å². The molecule has 0 nitrogen and oxygen atoms in total. The van der Waals surface area contributed by atoms with E-state index in [0.29, 0.717) is 0 Å². The summed E-state index contributed by atoms with van der Waals surface area (Å²) in [6.07, 6.45) is 11.1. The zero-order chi connectivity index (χ0) is 8.60.